The zero-order chi connectivity index (χ0) is 15.1. The second-order valence-corrected chi connectivity index (χ2v) is 6.35. The van der Waals surface area contributed by atoms with Crippen molar-refractivity contribution in [3.63, 3.8) is 0 Å². The third kappa shape index (κ3) is 2.28. The fraction of sp³-hybridized carbons (Fsp3) is 0.267. The molecule has 0 amide bonds. The maximum atomic E-state index is 11.2. The summed E-state index contributed by atoms with van der Waals surface area (Å²) < 4.78 is 1.67. The Morgan fingerprint density at radius 3 is 3.00 bits per heavy atom. The van der Waals surface area contributed by atoms with Crippen LogP contribution in [-0.4, -0.2) is 32.0 Å². The highest BCUT2D eigenvalue weighted by molar-refractivity contribution is 7.10. The van der Waals surface area contributed by atoms with Gasteiger partial charge in [0.2, 0.25) is 0 Å². The van der Waals surface area contributed by atoms with E-state index in [1.165, 1.54) is 17.5 Å². The summed E-state index contributed by atoms with van der Waals surface area (Å²) in [6.45, 7) is 0.0202. The number of hydrogen-bond acceptors (Lipinski definition) is 6. The summed E-state index contributed by atoms with van der Waals surface area (Å²) in [7, 11) is 0. The fourth-order valence-electron chi connectivity index (χ4n) is 2.35. The predicted molar refractivity (Wildman–Crippen MR) is 84.3 cm³/mol. The average molecular weight is 314 g/mol. The number of carbonyl (C=O) groups excluding carboxylic acids is 1. The van der Waals surface area contributed by atoms with Crippen LogP contribution >= 0.6 is 11.3 Å². The SMILES string of the molecule is O=Cc1cnn2c(NC3CC3)cc(-c3csc(CO)c3)nc12. The number of aliphatic hydroxyl groups excluding tert-OH is 1. The largest absolute Gasteiger partial charge is 0.391 e. The molecule has 1 fully saturated rings. The van der Waals surface area contributed by atoms with Gasteiger partial charge in [0.15, 0.2) is 11.9 Å². The Kier molecular flexibility index (Phi) is 3.16. The molecule has 0 bridgehead atoms. The maximum absolute atomic E-state index is 11.2. The summed E-state index contributed by atoms with van der Waals surface area (Å²) in [5.41, 5.74) is 2.73. The molecule has 3 aromatic rings. The van der Waals surface area contributed by atoms with Crippen LogP contribution < -0.4 is 5.32 Å². The van der Waals surface area contributed by atoms with Crippen molar-refractivity contribution in [2.45, 2.75) is 25.5 Å². The number of aldehydes is 1. The van der Waals surface area contributed by atoms with Crippen LogP contribution in [0.3, 0.4) is 0 Å². The first kappa shape index (κ1) is 13.4. The zero-order valence-corrected chi connectivity index (χ0v) is 12.5. The number of fused-ring (bicyclic) bond motifs is 1. The number of rotatable bonds is 5. The molecule has 6 nitrogen and oxygen atoms in total. The molecule has 3 aromatic heterocycles. The smallest absolute Gasteiger partial charge is 0.168 e. The Labute approximate surface area is 130 Å². The number of nitrogens with zero attached hydrogens (tertiary/aromatic N) is 3. The van der Waals surface area contributed by atoms with E-state index in [0.717, 1.165) is 41.1 Å². The van der Waals surface area contributed by atoms with Gasteiger partial charge in [0.05, 0.1) is 24.1 Å². The summed E-state index contributed by atoms with van der Waals surface area (Å²) in [5.74, 6) is 0.840. The first-order valence-corrected chi connectivity index (χ1v) is 7.95. The van der Waals surface area contributed by atoms with Crippen molar-refractivity contribution in [3.8, 4) is 11.3 Å². The van der Waals surface area contributed by atoms with Gasteiger partial charge in [0, 0.05) is 27.9 Å². The first-order chi connectivity index (χ1) is 10.8. The molecule has 1 aliphatic carbocycles. The lowest BCUT2D eigenvalue weighted by Crippen LogP contribution is -2.08. The first-order valence-electron chi connectivity index (χ1n) is 7.07. The van der Waals surface area contributed by atoms with E-state index in [1.54, 1.807) is 4.52 Å². The van der Waals surface area contributed by atoms with Gasteiger partial charge in [0.1, 0.15) is 5.82 Å². The molecule has 4 rings (SSSR count). The summed E-state index contributed by atoms with van der Waals surface area (Å²) >= 11 is 1.49. The molecule has 0 aromatic carbocycles. The van der Waals surface area contributed by atoms with Crippen LogP contribution in [0.15, 0.2) is 23.7 Å². The second-order valence-electron chi connectivity index (χ2n) is 5.36. The third-order valence-electron chi connectivity index (χ3n) is 3.66. The molecule has 0 unspecified atom stereocenters. The van der Waals surface area contributed by atoms with Crippen LogP contribution in [0.2, 0.25) is 0 Å². The lowest BCUT2D eigenvalue weighted by atomic mass is 10.2. The van der Waals surface area contributed by atoms with Gasteiger partial charge in [-0.1, -0.05) is 0 Å². The molecule has 0 radical (unpaired) electrons. The van der Waals surface area contributed by atoms with Gasteiger partial charge in [-0.3, -0.25) is 4.79 Å². The molecule has 22 heavy (non-hydrogen) atoms. The molecule has 3 heterocycles. The number of thiophene rings is 1. The second kappa shape index (κ2) is 5.19. The summed E-state index contributed by atoms with van der Waals surface area (Å²) in [4.78, 5) is 16.6. The molecule has 112 valence electrons. The molecule has 0 atom stereocenters. The number of aliphatic hydroxyl groups is 1. The van der Waals surface area contributed by atoms with Gasteiger partial charge in [-0.2, -0.15) is 9.61 Å². The average Bonchev–Trinajstić information content (AvgIpc) is 3.07. The van der Waals surface area contributed by atoms with E-state index < -0.39 is 0 Å². The van der Waals surface area contributed by atoms with Crippen LogP contribution in [0.5, 0.6) is 0 Å². The molecular formula is C15H14N4O2S. The standard InChI is InChI=1S/C15H14N4O2S/c20-6-10-5-16-19-14(17-11-1-2-11)4-13(18-15(10)19)9-3-12(7-21)22-8-9/h3-6,8,11,17,21H,1-2,7H2. The minimum atomic E-state index is 0.0202. The van der Waals surface area contributed by atoms with Crippen molar-refractivity contribution in [2.24, 2.45) is 0 Å². The maximum Gasteiger partial charge on any atom is 0.168 e. The lowest BCUT2D eigenvalue weighted by Gasteiger charge is -2.09. The Bertz CT molecular complexity index is 850. The highest BCUT2D eigenvalue weighted by atomic mass is 32.1. The highest BCUT2D eigenvalue weighted by Crippen LogP contribution is 2.30. The number of anilines is 1. The number of aromatic nitrogens is 3. The van der Waals surface area contributed by atoms with Gasteiger partial charge in [-0.05, 0) is 18.9 Å². The minimum Gasteiger partial charge on any atom is -0.391 e. The van der Waals surface area contributed by atoms with Gasteiger partial charge in [0.25, 0.3) is 0 Å². The van der Waals surface area contributed by atoms with Crippen molar-refractivity contribution < 1.29 is 9.90 Å². The van der Waals surface area contributed by atoms with Crippen molar-refractivity contribution in [1.82, 2.24) is 14.6 Å². The molecule has 0 saturated heterocycles. The third-order valence-corrected chi connectivity index (χ3v) is 4.58. The predicted octanol–water partition coefficient (Wildman–Crippen LogP) is 2.34. The molecule has 0 spiro atoms. The Morgan fingerprint density at radius 1 is 1.45 bits per heavy atom. The molecule has 2 N–H and O–H groups in total. The number of carbonyl (C=O) groups is 1. The Hall–Kier alpha value is -2.25. The van der Waals surface area contributed by atoms with Gasteiger partial charge >= 0.3 is 0 Å². The molecule has 0 aliphatic heterocycles. The van der Waals surface area contributed by atoms with Gasteiger partial charge < -0.3 is 10.4 Å². The lowest BCUT2D eigenvalue weighted by molar-refractivity contribution is 0.112. The summed E-state index contributed by atoms with van der Waals surface area (Å²) in [6.07, 6.45) is 4.60. The van der Waals surface area contributed by atoms with Gasteiger partial charge in [-0.15, -0.1) is 11.3 Å². The number of hydrogen-bond donors (Lipinski definition) is 2. The summed E-state index contributed by atoms with van der Waals surface area (Å²) in [5, 5.41) is 18.9. The Morgan fingerprint density at radius 2 is 2.32 bits per heavy atom. The molecule has 1 saturated carbocycles. The van der Waals surface area contributed by atoms with Crippen molar-refractivity contribution in [2.75, 3.05) is 5.32 Å². The van der Waals surface area contributed by atoms with E-state index in [0.29, 0.717) is 17.3 Å². The van der Waals surface area contributed by atoms with E-state index in [2.05, 4.69) is 15.4 Å². The van der Waals surface area contributed by atoms with Crippen molar-refractivity contribution in [1.29, 1.82) is 0 Å². The monoisotopic (exact) mass is 314 g/mol. The summed E-state index contributed by atoms with van der Waals surface area (Å²) in [6, 6.07) is 4.33. The molecular weight excluding hydrogens is 300 g/mol. The number of nitrogens with one attached hydrogen (secondary N) is 1. The highest BCUT2D eigenvalue weighted by Gasteiger charge is 2.23. The zero-order valence-electron chi connectivity index (χ0n) is 11.7. The van der Waals surface area contributed by atoms with Crippen LogP contribution in [-0.2, 0) is 6.61 Å². The van der Waals surface area contributed by atoms with E-state index in [9.17, 15) is 9.90 Å². The quantitative estimate of drug-likeness (QED) is 0.707. The van der Waals surface area contributed by atoms with Crippen LogP contribution in [0.25, 0.3) is 16.9 Å². The van der Waals surface area contributed by atoms with E-state index in [1.807, 2.05) is 17.5 Å². The van der Waals surface area contributed by atoms with Crippen molar-refractivity contribution >= 4 is 29.1 Å². The molecule has 1 aliphatic rings. The Balaban J connectivity index is 1.87. The minimum absolute atomic E-state index is 0.0202. The van der Waals surface area contributed by atoms with E-state index >= 15 is 0 Å². The van der Waals surface area contributed by atoms with Gasteiger partial charge in [-0.25, -0.2) is 4.98 Å². The van der Waals surface area contributed by atoms with Crippen molar-refractivity contribution in [3.05, 3.63) is 34.2 Å². The normalized spacial score (nSPS) is 14.4. The van der Waals surface area contributed by atoms with Crippen LogP contribution in [0.4, 0.5) is 5.82 Å². The topological polar surface area (TPSA) is 79.5 Å². The van der Waals surface area contributed by atoms with Crippen LogP contribution in [0.1, 0.15) is 28.1 Å². The van der Waals surface area contributed by atoms with E-state index in [4.69, 9.17) is 0 Å². The molecule has 7 heteroatoms. The fourth-order valence-corrected chi connectivity index (χ4v) is 3.09. The van der Waals surface area contributed by atoms with E-state index in [-0.39, 0.29) is 6.61 Å². The van der Waals surface area contributed by atoms with Crippen LogP contribution in [0, 0.1) is 0 Å².